The molecular weight excluding hydrogens is 370 g/mol. The summed E-state index contributed by atoms with van der Waals surface area (Å²) in [5.41, 5.74) is 2.43. The van der Waals surface area contributed by atoms with Gasteiger partial charge in [-0.05, 0) is 43.0 Å². The van der Waals surface area contributed by atoms with Crippen molar-refractivity contribution in [3.05, 3.63) is 51.7 Å². The number of para-hydroxylation sites is 1. The molecule has 2 aromatic rings. The number of amides is 2. The number of piperazine rings is 1. The van der Waals surface area contributed by atoms with Crippen LogP contribution in [0.1, 0.15) is 26.5 Å². The van der Waals surface area contributed by atoms with E-state index in [0.29, 0.717) is 0 Å². The summed E-state index contributed by atoms with van der Waals surface area (Å²) in [6.45, 7) is 3.33. The number of hydrogen-bond acceptors (Lipinski definition) is 4. The molecule has 1 aromatic carbocycles. The Morgan fingerprint density at radius 2 is 1.79 bits per heavy atom. The maximum atomic E-state index is 13.1. The fourth-order valence-corrected chi connectivity index (χ4v) is 5.37. The van der Waals surface area contributed by atoms with Crippen LogP contribution in [0.2, 0.25) is 0 Å². The molecule has 1 aromatic heterocycles. The molecule has 1 aliphatic carbocycles. The number of benzene rings is 1. The summed E-state index contributed by atoms with van der Waals surface area (Å²) in [5.74, 6) is 0.386. The Hall–Kier alpha value is -2.34. The summed E-state index contributed by atoms with van der Waals surface area (Å²) < 4.78 is 0. The average Bonchev–Trinajstić information content (AvgIpc) is 3.16. The van der Waals surface area contributed by atoms with E-state index >= 15 is 0 Å². The second-order valence-electron chi connectivity index (χ2n) is 7.85. The minimum absolute atomic E-state index is 0.0488. The molecule has 28 heavy (non-hydrogen) atoms. The van der Waals surface area contributed by atoms with E-state index in [1.807, 2.05) is 17.0 Å². The van der Waals surface area contributed by atoms with Gasteiger partial charge in [-0.25, -0.2) is 0 Å². The zero-order valence-electron chi connectivity index (χ0n) is 16.6. The van der Waals surface area contributed by atoms with Gasteiger partial charge in [-0.2, -0.15) is 0 Å². The van der Waals surface area contributed by atoms with Gasteiger partial charge in [-0.15, -0.1) is 11.3 Å². The summed E-state index contributed by atoms with van der Waals surface area (Å²) in [5, 5.41) is 0. The van der Waals surface area contributed by atoms with Crippen LogP contribution < -0.4 is 4.90 Å². The van der Waals surface area contributed by atoms with E-state index in [-0.39, 0.29) is 17.7 Å². The highest BCUT2D eigenvalue weighted by atomic mass is 32.1. The highest BCUT2D eigenvalue weighted by Gasteiger charge is 2.32. The van der Waals surface area contributed by atoms with Gasteiger partial charge in [0.15, 0.2) is 0 Å². The van der Waals surface area contributed by atoms with E-state index < -0.39 is 0 Å². The number of aryl methyl sites for hydroxylation is 1. The Labute approximate surface area is 170 Å². The van der Waals surface area contributed by atoms with Crippen molar-refractivity contribution in [3.8, 4) is 0 Å². The summed E-state index contributed by atoms with van der Waals surface area (Å²) in [4.78, 5) is 33.4. The van der Waals surface area contributed by atoms with Crippen LogP contribution in [0, 0.1) is 5.92 Å². The first-order chi connectivity index (χ1) is 13.5. The van der Waals surface area contributed by atoms with Crippen LogP contribution in [-0.2, 0) is 17.6 Å². The average molecular weight is 398 g/mol. The largest absolute Gasteiger partial charge is 0.368 e. The Kier molecular flexibility index (Phi) is 5.40. The Balaban J connectivity index is 1.37. The Morgan fingerprint density at radius 1 is 1.07 bits per heavy atom. The van der Waals surface area contributed by atoms with Crippen molar-refractivity contribution in [2.45, 2.75) is 19.3 Å². The molecule has 1 fully saturated rings. The molecule has 1 saturated heterocycles. The lowest BCUT2D eigenvalue weighted by Crippen LogP contribution is -2.51. The number of carbonyl (C=O) groups excluding carboxylic acids is 2. The molecule has 2 amide bonds. The van der Waals surface area contributed by atoms with Crippen LogP contribution in [0.25, 0.3) is 0 Å². The fourth-order valence-electron chi connectivity index (χ4n) is 4.14. The SMILES string of the molecule is CN(C)C(=O)c1cc2c(s1)CC[C@H](C(=O)N1CCN(c3ccccc3)CC1)C2. The van der Waals surface area contributed by atoms with Gasteiger partial charge >= 0.3 is 0 Å². The fraction of sp³-hybridized carbons (Fsp3) is 0.455. The van der Waals surface area contributed by atoms with Crippen molar-refractivity contribution in [1.82, 2.24) is 9.80 Å². The smallest absolute Gasteiger partial charge is 0.263 e. The van der Waals surface area contributed by atoms with Crippen LogP contribution in [0.4, 0.5) is 5.69 Å². The van der Waals surface area contributed by atoms with Gasteiger partial charge in [0.25, 0.3) is 5.91 Å². The van der Waals surface area contributed by atoms with E-state index in [1.54, 1.807) is 30.3 Å². The third-order valence-corrected chi connectivity index (χ3v) is 6.99. The molecule has 148 valence electrons. The van der Waals surface area contributed by atoms with Gasteiger partial charge in [0.05, 0.1) is 4.88 Å². The summed E-state index contributed by atoms with van der Waals surface area (Å²) in [7, 11) is 3.56. The van der Waals surface area contributed by atoms with Crippen molar-refractivity contribution >= 4 is 28.8 Å². The monoisotopic (exact) mass is 397 g/mol. The van der Waals surface area contributed by atoms with Gasteiger partial charge in [0.2, 0.25) is 5.91 Å². The minimum atomic E-state index is 0.0488. The molecule has 4 rings (SSSR count). The predicted molar refractivity (Wildman–Crippen MR) is 113 cm³/mol. The number of nitrogens with zero attached hydrogens (tertiary/aromatic N) is 3. The zero-order valence-corrected chi connectivity index (χ0v) is 17.4. The van der Waals surface area contributed by atoms with Crippen molar-refractivity contribution in [3.63, 3.8) is 0 Å². The maximum Gasteiger partial charge on any atom is 0.263 e. The lowest BCUT2D eigenvalue weighted by molar-refractivity contribution is -0.136. The quantitative estimate of drug-likeness (QED) is 0.800. The van der Waals surface area contributed by atoms with Crippen molar-refractivity contribution < 1.29 is 9.59 Å². The van der Waals surface area contributed by atoms with Crippen molar-refractivity contribution in [2.75, 3.05) is 45.2 Å². The topological polar surface area (TPSA) is 43.9 Å². The standard InChI is InChI=1S/C22H27N3O2S/c1-23(2)22(27)20-15-17-14-16(8-9-19(17)28-20)21(26)25-12-10-24(11-13-25)18-6-4-3-5-7-18/h3-7,15-16H,8-14H2,1-2H3/t16-/m0/s1. The first-order valence-electron chi connectivity index (χ1n) is 9.95. The number of hydrogen-bond donors (Lipinski definition) is 0. The molecule has 0 unspecified atom stereocenters. The summed E-state index contributed by atoms with van der Waals surface area (Å²) in [6, 6.07) is 12.4. The lowest BCUT2D eigenvalue weighted by Gasteiger charge is -2.38. The van der Waals surface area contributed by atoms with E-state index in [1.165, 1.54) is 16.1 Å². The van der Waals surface area contributed by atoms with E-state index in [4.69, 9.17) is 0 Å². The normalized spacial score (nSPS) is 19.3. The summed E-state index contributed by atoms with van der Waals surface area (Å²) >= 11 is 1.60. The Morgan fingerprint density at radius 3 is 2.46 bits per heavy atom. The van der Waals surface area contributed by atoms with Crippen LogP contribution >= 0.6 is 11.3 Å². The van der Waals surface area contributed by atoms with Crippen LogP contribution in [0.3, 0.4) is 0 Å². The van der Waals surface area contributed by atoms with Crippen LogP contribution in [0.5, 0.6) is 0 Å². The van der Waals surface area contributed by atoms with Gasteiger partial charge in [0, 0.05) is 56.8 Å². The molecule has 2 heterocycles. The van der Waals surface area contributed by atoms with Gasteiger partial charge in [-0.3, -0.25) is 9.59 Å². The molecular formula is C22H27N3O2S. The molecule has 0 N–H and O–H groups in total. The first-order valence-corrected chi connectivity index (χ1v) is 10.8. The third kappa shape index (κ3) is 3.78. The molecule has 0 radical (unpaired) electrons. The first kappa shape index (κ1) is 19.0. The number of thiophene rings is 1. The van der Waals surface area contributed by atoms with Gasteiger partial charge in [-0.1, -0.05) is 18.2 Å². The molecule has 0 saturated carbocycles. The number of anilines is 1. The third-order valence-electron chi connectivity index (χ3n) is 5.76. The molecule has 1 aliphatic heterocycles. The number of carbonyl (C=O) groups is 2. The van der Waals surface area contributed by atoms with Crippen molar-refractivity contribution in [1.29, 1.82) is 0 Å². The lowest BCUT2D eigenvalue weighted by atomic mass is 9.87. The number of fused-ring (bicyclic) bond motifs is 1. The Bertz CT molecular complexity index is 854. The van der Waals surface area contributed by atoms with Crippen LogP contribution in [0.15, 0.2) is 36.4 Å². The predicted octanol–water partition coefficient (Wildman–Crippen LogP) is 2.90. The van der Waals surface area contributed by atoms with Gasteiger partial charge < -0.3 is 14.7 Å². The van der Waals surface area contributed by atoms with Crippen molar-refractivity contribution in [2.24, 2.45) is 5.92 Å². The molecule has 6 heteroatoms. The molecule has 2 aliphatic rings. The zero-order chi connectivity index (χ0) is 19.7. The summed E-state index contributed by atoms with van der Waals surface area (Å²) in [6.07, 6.45) is 2.56. The highest BCUT2D eigenvalue weighted by Crippen LogP contribution is 2.34. The van der Waals surface area contributed by atoms with E-state index in [9.17, 15) is 9.59 Å². The van der Waals surface area contributed by atoms with Gasteiger partial charge in [0.1, 0.15) is 0 Å². The van der Waals surface area contributed by atoms with Crippen LogP contribution in [-0.4, -0.2) is 61.9 Å². The second-order valence-corrected chi connectivity index (χ2v) is 8.98. The minimum Gasteiger partial charge on any atom is -0.368 e. The molecule has 0 bridgehead atoms. The molecule has 0 spiro atoms. The number of rotatable bonds is 3. The molecule has 5 nitrogen and oxygen atoms in total. The molecule has 1 atom stereocenters. The second kappa shape index (κ2) is 7.95. The van der Waals surface area contributed by atoms with E-state index in [2.05, 4.69) is 29.2 Å². The van der Waals surface area contributed by atoms with E-state index in [0.717, 1.165) is 50.3 Å². The maximum absolute atomic E-state index is 13.1. The highest BCUT2D eigenvalue weighted by molar-refractivity contribution is 7.14.